The molecule has 0 bridgehead atoms. The van der Waals surface area contributed by atoms with Gasteiger partial charge in [-0.25, -0.2) is 9.97 Å². The molecule has 0 unspecified atom stereocenters. The first kappa shape index (κ1) is 13.6. The van der Waals surface area contributed by atoms with Gasteiger partial charge in [0.2, 0.25) is 0 Å². The number of hydrogen-bond donors (Lipinski definition) is 1. The van der Waals surface area contributed by atoms with Gasteiger partial charge in [0.25, 0.3) is 0 Å². The van der Waals surface area contributed by atoms with Gasteiger partial charge in [-0.1, -0.05) is 12.1 Å². The number of H-pyrrole nitrogens is 1. The van der Waals surface area contributed by atoms with Crippen LogP contribution in [0.25, 0.3) is 33.9 Å². The fourth-order valence-corrected chi connectivity index (χ4v) is 2.60. The number of hydrogen-bond acceptors (Lipinski definition) is 4. The van der Waals surface area contributed by atoms with Gasteiger partial charge in [-0.3, -0.25) is 0 Å². The molecule has 0 radical (unpaired) electrons. The van der Waals surface area contributed by atoms with Gasteiger partial charge in [-0.05, 0) is 37.3 Å². The maximum Gasteiger partial charge on any atom is 0.198 e. The average molecular weight is 305 g/mol. The summed E-state index contributed by atoms with van der Waals surface area (Å²) in [6.07, 6.45) is 1.86. The summed E-state index contributed by atoms with van der Waals surface area (Å²) < 4.78 is 11.0. The van der Waals surface area contributed by atoms with Crippen molar-refractivity contribution in [2.75, 3.05) is 7.11 Å². The third-order valence-electron chi connectivity index (χ3n) is 3.72. The summed E-state index contributed by atoms with van der Waals surface area (Å²) in [7, 11) is 1.65. The van der Waals surface area contributed by atoms with Gasteiger partial charge in [0.15, 0.2) is 11.6 Å². The molecule has 1 N–H and O–H groups in total. The Hall–Kier alpha value is -3.08. The lowest BCUT2D eigenvalue weighted by molar-refractivity contribution is 0.415. The lowest BCUT2D eigenvalue weighted by Crippen LogP contribution is -1.94. The Morgan fingerprint density at radius 3 is 2.78 bits per heavy atom. The summed E-state index contributed by atoms with van der Waals surface area (Å²) in [5.74, 6) is 2.84. The van der Waals surface area contributed by atoms with E-state index >= 15 is 0 Å². The number of aryl methyl sites for hydroxylation is 1. The van der Waals surface area contributed by atoms with Gasteiger partial charge in [0.1, 0.15) is 17.2 Å². The van der Waals surface area contributed by atoms with E-state index in [1.807, 2.05) is 55.6 Å². The fraction of sp³-hybridized carbons (Fsp3) is 0.111. The van der Waals surface area contributed by atoms with Crippen molar-refractivity contribution in [3.63, 3.8) is 0 Å². The number of aromatic amines is 1. The smallest absolute Gasteiger partial charge is 0.198 e. The highest BCUT2D eigenvalue weighted by molar-refractivity contribution is 5.92. The number of rotatable bonds is 3. The first-order valence-electron chi connectivity index (χ1n) is 7.31. The van der Waals surface area contributed by atoms with Gasteiger partial charge in [-0.15, -0.1) is 0 Å². The Morgan fingerprint density at radius 1 is 1.09 bits per heavy atom. The SMILES string of the molecule is COc1cccc(-c2nc(-c3ccc(C)o3)nc3[nH]ccc23)c1. The molecule has 23 heavy (non-hydrogen) atoms. The molecule has 0 saturated carbocycles. The van der Waals surface area contributed by atoms with E-state index in [1.165, 1.54) is 0 Å². The second-order valence-corrected chi connectivity index (χ2v) is 5.28. The van der Waals surface area contributed by atoms with Gasteiger partial charge in [0, 0.05) is 17.1 Å². The molecule has 0 aliphatic heterocycles. The minimum absolute atomic E-state index is 0.561. The average Bonchev–Trinajstić information content (AvgIpc) is 3.22. The van der Waals surface area contributed by atoms with Crippen LogP contribution in [0, 0.1) is 6.92 Å². The first-order valence-corrected chi connectivity index (χ1v) is 7.31. The molecular formula is C18H15N3O2. The quantitative estimate of drug-likeness (QED) is 0.616. The van der Waals surface area contributed by atoms with E-state index in [0.29, 0.717) is 11.6 Å². The number of benzene rings is 1. The third kappa shape index (κ3) is 2.36. The van der Waals surface area contributed by atoms with Crippen molar-refractivity contribution < 1.29 is 9.15 Å². The minimum Gasteiger partial charge on any atom is -0.497 e. The van der Waals surface area contributed by atoms with Gasteiger partial charge >= 0.3 is 0 Å². The zero-order chi connectivity index (χ0) is 15.8. The number of methoxy groups -OCH3 is 1. The zero-order valence-electron chi connectivity index (χ0n) is 12.8. The van der Waals surface area contributed by atoms with E-state index in [4.69, 9.17) is 14.1 Å². The number of nitrogens with one attached hydrogen (secondary N) is 1. The van der Waals surface area contributed by atoms with Crippen molar-refractivity contribution in [2.24, 2.45) is 0 Å². The van der Waals surface area contributed by atoms with E-state index < -0.39 is 0 Å². The van der Waals surface area contributed by atoms with Crippen LogP contribution in [-0.4, -0.2) is 22.1 Å². The molecule has 5 nitrogen and oxygen atoms in total. The van der Waals surface area contributed by atoms with E-state index in [0.717, 1.165) is 33.8 Å². The van der Waals surface area contributed by atoms with Crippen LogP contribution in [0.1, 0.15) is 5.76 Å². The molecule has 4 rings (SSSR count). The van der Waals surface area contributed by atoms with E-state index in [1.54, 1.807) is 7.11 Å². The minimum atomic E-state index is 0.561. The number of furan rings is 1. The molecule has 0 spiro atoms. The van der Waals surface area contributed by atoms with Crippen LogP contribution >= 0.6 is 0 Å². The van der Waals surface area contributed by atoms with Gasteiger partial charge in [-0.2, -0.15) is 0 Å². The summed E-state index contributed by atoms with van der Waals surface area (Å²) in [4.78, 5) is 12.4. The molecule has 3 heterocycles. The van der Waals surface area contributed by atoms with Gasteiger partial charge in [0.05, 0.1) is 12.8 Å². The van der Waals surface area contributed by atoms with E-state index in [2.05, 4.69) is 9.97 Å². The number of aromatic nitrogens is 3. The molecule has 5 heteroatoms. The molecule has 0 aliphatic rings. The third-order valence-corrected chi connectivity index (χ3v) is 3.72. The van der Waals surface area contributed by atoms with Gasteiger partial charge < -0.3 is 14.1 Å². The van der Waals surface area contributed by atoms with Crippen molar-refractivity contribution in [2.45, 2.75) is 6.92 Å². The van der Waals surface area contributed by atoms with Crippen LogP contribution < -0.4 is 4.74 Å². The fourth-order valence-electron chi connectivity index (χ4n) is 2.60. The largest absolute Gasteiger partial charge is 0.497 e. The Kier molecular flexibility index (Phi) is 3.12. The van der Waals surface area contributed by atoms with Crippen LogP contribution in [0.5, 0.6) is 5.75 Å². The molecule has 0 atom stereocenters. The predicted molar refractivity (Wildman–Crippen MR) is 88.3 cm³/mol. The van der Waals surface area contributed by atoms with E-state index in [9.17, 15) is 0 Å². The lowest BCUT2D eigenvalue weighted by atomic mass is 10.1. The molecule has 0 fully saturated rings. The topological polar surface area (TPSA) is 63.9 Å². The van der Waals surface area contributed by atoms with Crippen molar-refractivity contribution in [3.05, 3.63) is 54.4 Å². The van der Waals surface area contributed by atoms with Crippen LogP contribution in [0.4, 0.5) is 0 Å². The highest BCUT2D eigenvalue weighted by Gasteiger charge is 2.14. The zero-order valence-corrected chi connectivity index (χ0v) is 12.8. The van der Waals surface area contributed by atoms with E-state index in [-0.39, 0.29) is 0 Å². The maximum absolute atomic E-state index is 5.67. The monoisotopic (exact) mass is 305 g/mol. The summed E-state index contributed by atoms with van der Waals surface area (Å²) in [5.41, 5.74) is 2.60. The Balaban J connectivity index is 1.95. The standard InChI is InChI=1S/C18H15N3O2/c1-11-6-7-15(23-11)18-20-16(14-8-9-19-17(14)21-18)12-4-3-5-13(10-12)22-2/h3-10H,1-2H3,(H,19,20,21). The highest BCUT2D eigenvalue weighted by Crippen LogP contribution is 2.30. The maximum atomic E-state index is 5.67. The summed E-state index contributed by atoms with van der Waals surface area (Å²) in [6, 6.07) is 13.6. The van der Waals surface area contributed by atoms with Crippen LogP contribution in [0.15, 0.2) is 53.1 Å². The normalized spacial score (nSPS) is 11.0. The molecule has 3 aromatic heterocycles. The molecule has 0 aliphatic carbocycles. The Labute approximate surface area is 133 Å². The summed E-state index contributed by atoms with van der Waals surface area (Å²) in [5, 5.41) is 0.963. The summed E-state index contributed by atoms with van der Waals surface area (Å²) >= 11 is 0. The molecule has 1 aromatic carbocycles. The second kappa shape index (κ2) is 5.28. The van der Waals surface area contributed by atoms with Crippen LogP contribution in [-0.2, 0) is 0 Å². The predicted octanol–water partition coefficient (Wildman–Crippen LogP) is 4.20. The van der Waals surface area contributed by atoms with Crippen LogP contribution in [0.3, 0.4) is 0 Å². The highest BCUT2D eigenvalue weighted by atomic mass is 16.5. The number of nitrogens with zero attached hydrogens (tertiary/aromatic N) is 2. The Morgan fingerprint density at radius 2 is 2.00 bits per heavy atom. The van der Waals surface area contributed by atoms with Crippen molar-refractivity contribution in [3.8, 4) is 28.6 Å². The Bertz CT molecular complexity index is 985. The van der Waals surface area contributed by atoms with Crippen LogP contribution in [0.2, 0.25) is 0 Å². The second-order valence-electron chi connectivity index (χ2n) is 5.28. The first-order chi connectivity index (χ1) is 11.2. The van der Waals surface area contributed by atoms with Crippen molar-refractivity contribution >= 4 is 11.0 Å². The van der Waals surface area contributed by atoms with Crippen molar-refractivity contribution in [1.29, 1.82) is 0 Å². The molecule has 114 valence electrons. The molecule has 0 amide bonds. The number of ether oxygens (including phenoxy) is 1. The number of fused-ring (bicyclic) bond motifs is 1. The lowest BCUT2D eigenvalue weighted by Gasteiger charge is -2.07. The molecular weight excluding hydrogens is 290 g/mol. The molecule has 0 saturated heterocycles. The summed E-state index contributed by atoms with van der Waals surface area (Å²) in [6.45, 7) is 1.90. The molecule has 4 aromatic rings. The van der Waals surface area contributed by atoms with Crippen molar-refractivity contribution in [1.82, 2.24) is 15.0 Å².